The van der Waals surface area contributed by atoms with E-state index >= 15 is 0 Å². The molecule has 0 saturated heterocycles. The highest BCUT2D eigenvalue weighted by atomic mass is 35.5. The van der Waals surface area contributed by atoms with Crippen molar-refractivity contribution < 1.29 is 9.84 Å². The maximum absolute atomic E-state index is 10.8. The zero-order valence-corrected chi connectivity index (χ0v) is 13.8. The second-order valence-electron chi connectivity index (χ2n) is 6.48. The first kappa shape index (κ1) is 16.1. The van der Waals surface area contributed by atoms with E-state index in [9.17, 15) is 5.11 Å². The summed E-state index contributed by atoms with van der Waals surface area (Å²) in [7, 11) is 1.67. The number of hydrogen-bond acceptors (Lipinski definition) is 2. The van der Waals surface area contributed by atoms with E-state index in [0.29, 0.717) is 21.0 Å². The Morgan fingerprint density at radius 3 is 2.30 bits per heavy atom. The van der Waals surface area contributed by atoms with Crippen LogP contribution in [-0.4, -0.2) is 17.8 Å². The molecule has 1 atom stereocenters. The highest BCUT2D eigenvalue weighted by molar-refractivity contribution is 6.42. The van der Waals surface area contributed by atoms with Gasteiger partial charge in [-0.05, 0) is 37.2 Å². The quantitative estimate of drug-likeness (QED) is 0.849. The predicted molar refractivity (Wildman–Crippen MR) is 83.4 cm³/mol. The molecule has 20 heavy (non-hydrogen) atoms. The van der Waals surface area contributed by atoms with Gasteiger partial charge in [0.15, 0.2) is 0 Å². The Kier molecular flexibility index (Phi) is 4.70. The average Bonchev–Trinajstić information content (AvgIpc) is 2.42. The number of aliphatic hydroxyl groups is 1. The fourth-order valence-electron chi connectivity index (χ4n) is 2.95. The van der Waals surface area contributed by atoms with Gasteiger partial charge >= 0.3 is 0 Å². The fraction of sp³-hybridized carbons (Fsp3) is 0.625. The molecule has 1 aromatic rings. The average molecular weight is 317 g/mol. The molecule has 0 heterocycles. The highest BCUT2D eigenvalue weighted by Gasteiger charge is 2.44. The van der Waals surface area contributed by atoms with Crippen LogP contribution in [0.4, 0.5) is 0 Å². The molecular weight excluding hydrogens is 295 g/mol. The van der Waals surface area contributed by atoms with Gasteiger partial charge in [-0.2, -0.15) is 0 Å². The van der Waals surface area contributed by atoms with E-state index < -0.39 is 11.7 Å². The molecule has 1 unspecified atom stereocenters. The molecule has 0 aromatic heterocycles. The maximum Gasteiger partial charge on any atom is 0.109 e. The number of benzene rings is 1. The summed E-state index contributed by atoms with van der Waals surface area (Å²) in [6.07, 6.45) is 2.93. The molecule has 0 bridgehead atoms. The van der Waals surface area contributed by atoms with Crippen molar-refractivity contribution in [1.82, 2.24) is 0 Å². The van der Waals surface area contributed by atoms with Crippen LogP contribution in [0, 0.1) is 5.41 Å². The van der Waals surface area contributed by atoms with E-state index in [1.54, 1.807) is 13.2 Å². The van der Waals surface area contributed by atoms with E-state index in [-0.39, 0.29) is 0 Å². The molecule has 0 amide bonds. The minimum atomic E-state index is -0.755. The van der Waals surface area contributed by atoms with E-state index in [0.717, 1.165) is 25.7 Å². The summed E-state index contributed by atoms with van der Waals surface area (Å²) < 4.78 is 5.73. The minimum absolute atomic E-state index is 0.305. The molecule has 2 rings (SSSR count). The Bertz CT molecular complexity index is 475. The van der Waals surface area contributed by atoms with Crippen LogP contribution < -0.4 is 0 Å². The molecule has 0 aliphatic heterocycles. The highest BCUT2D eigenvalue weighted by Crippen LogP contribution is 2.48. The van der Waals surface area contributed by atoms with E-state index in [4.69, 9.17) is 27.9 Å². The lowest BCUT2D eigenvalue weighted by atomic mass is 9.68. The van der Waals surface area contributed by atoms with Crippen molar-refractivity contribution in [2.45, 2.75) is 51.2 Å². The Morgan fingerprint density at radius 2 is 1.75 bits per heavy atom. The second-order valence-corrected chi connectivity index (χ2v) is 7.26. The topological polar surface area (TPSA) is 29.5 Å². The molecule has 112 valence electrons. The van der Waals surface area contributed by atoms with Gasteiger partial charge in [0.2, 0.25) is 0 Å². The third-order valence-electron chi connectivity index (χ3n) is 4.63. The summed E-state index contributed by atoms with van der Waals surface area (Å²) in [5.74, 6) is 0. The lowest BCUT2D eigenvalue weighted by Crippen LogP contribution is -2.44. The van der Waals surface area contributed by atoms with Crippen LogP contribution in [0.2, 0.25) is 10.0 Å². The van der Waals surface area contributed by atoms with Gasteiger partial charge in [-0.3, -0.25) is 0 Å². The van der Waals surface area contributed by atoms with Crippen LogP contribution in [0.1, 0.15) is 51.2 Å². The molecule has 0 spiro atoms. The van der Waals surface area contributed by atoms with E-state index in [1.165, 1.54) is 0 Å². The van der Waals surface area contributed by atoms with Gasteiger partial charge < -0.3 is 9.84 Å². The lowest BCUT2D eigenvalue weighted by molar-refractivity contribution is -0.138. The van der Waals surface area contributed by atoms with Crippen molar-refractivity contribution in [3.63, 3.8) is 0 Å². The summed E-state index contributed by atoms with van der Waals surface area (Å²) >= 11 is 12.3. The molecule has 1 saturated carbocycles. The van der Waals surface area contributed by atoms with Crippen molar-refractivity contribution in [3.05, 3.63) is 33.8 Å². The van der Waals surface area contributed by atoms with Gasteiger partial charge in [0.25, 0.3) is 0 Å². The van der Waals surface area contributed by atoms with Crippen LogP contribution in [0.5, 0.6) is 0 Å². The fourth-order valence-corrected chi connectivity index (χ4v) is 3.37. The van der Waals surface area contributed by atoms with Gasteiger partial charge in [0, 0.05) is 12.7 Å². The normalized spacial score (nSPS) is 22.5. The van der Waals surface area contributed by atoms with Crippen molar-refractivity contribution in [2.24, 2.45) is 5.41 Å². The molecule has 1 aliphatic carbocycles. The number of halogens is 2. The largest absolute Gasteiger partial charge is 0.385 e. The van der Waals surface area contributed by atoms with E-state index in [2.05, 4.69) is 13.8 Å². The molecule has 0 radical (unpaired) electrons. The molecule has 1 fully saturated rings. The minimum Gasteiger partial charge on any atom is -0.385 e. The van der Waals surface area contributed by atoms with Crippen molar-refractivity contribution in [2.75, 3.05) is 7.11 Å². The zero-order valence-electron chi connectivity index (χ0n) is 12.2. The third-order valence-corrected chi connectivity index (χ3v) is 5.46. The zero-order chi connectivity index (χ0) is 15.0. The van der Waals surface area contributed by atoms with Crippen molar-refractivity contribution in [3.8, 4) is 0 Å². The van der Waals surface area contributed by atoms with E-state index in [1.807, 2.05) is 12.1 Å². The van der Waals surface area contributed by atoms with Crippen LogP contribution >= 0.6 is 23.2 Å². The molecule has 2 nitrogen and oxygen atoms in total. The number of hydrogen-bond donors (Lipinski definition) is 1. The number of rotatable bonds is 3. The summed E-state index contributed by atoms with van der Waals surface area (Å²) in [5.41, 5.74) is 0.393. The second kappa shape index (κ2) is 5.84. The monoisotopic (exact) mass is 316 g/mol. The molecular formula is C16H22Cl2O2. The first-order valence-electron chi connectivity index (χ1n) is 6.98. The molecule has 1 aliphatic rings. The Morgan fingerprint density at radius 1 is 1.15 bits per heavy atom. The third kappa shape index (κ3) is 2.99. The van der Waals surface area contributed by atoms with Crippen LogP contribution in [0.15, 0.2) is 18.2 Å². The summed E-state index contributed by atoms with van der Waals surface area (Å²) in [4.78, 5) is 0. The Hall–Kier alpha value is -0.280. The van der Waals surface area contributed by atoms with Crippen LogP contribution in [0.3, 0.4) is 0 Å². The Balaban J connectivity index is 2.30. The molecule has 4 heteroatoms. The smallest absolute Gasteiger partial charge is 0.109 e. The first-order chi connectivity index (χ1) is 9.31. The Labute approximate surface area is 131 Å². The molecule has 1 N–H and O–H groups in total. The van der Waals surface area contributed by atoms with Crippen LogP contribution in [-0.2, 0) is 4.74 Å². The van der Waals surface area contributed by atoms with Gasteiger partial charge in [0.1, 0.15) is 6.10 Å². The lowest BCUT2D eigenvalue weighted by Gasteiger charge is -2.45. The van der Waals surface area contributed by atoms with Gasteiger partial charge in [-0.25, -0.2) is 0 Å². The molecule has 1 aromatic carbocycles. The van der Waals surface area contributed by atoms with Crippen molar-refractivity contribution in [1.29, 1.82) is 0 Å². The number of methoxy groups -OCH3 is 1. The number of ether oxygens (including phenoxy) is 1. The predicted octanol–water partition coefficient (Wildman–Crippen LogP) is 5.01. The SMILES string of the molecule is COC1(C(O)c2cccc(Cl)c2Cl)CCC(C)(C)CC1. The first-order valence-corrected chi connectivity index (χ1v) is 7.74. The number of aliphatic hydroxyl groups excluding tert-OH is 1. The summed E-state index contributed by atoms with van der Waals surface area (Å²) in [6, 6.07) is 5.35. The summed E-state index contributed by atoms with van der Waals surface area (Å²) in [6.45, 7) is 4.51. The van der Waals surface area contributed by atoms with Gasteiger partial charge in [0.05, 0.1) is 15.6 Å². The van der Waals surface area contributed by atoms with Gasteiger partial charge in [-0.1, -0.05) is 49.2 Å². The van der Waals surface area contributed by atoms with Crippen molar-refractivity contribution >= 4 is 23.2 Å². The maximum atomic E-state index is 10.8. The summed E-state index contributed by atoms with van der Waals surface area (Å²) in [5, 5.41) is 11.7. The standard InChI is InChI=1S/C16H22Cl2O2/c1-15(2)7-9-16(20-3,10-8-15)14(19)11-5-4-6-12(17)13(11)18/h4-6,14,19H,7-10H2,1-3H3. The van der Waals surface area contributed by atoms with Crippen LogP contribution in [0.25, 0.3) is 0 Å². The van der Waals surface area contributed by atoms with Gasteiger partial charge in [-0.15, -0.1) is 0 Å².